The Hall–Kier alpha value is 1.85. The zero-order valence-corrected chi connectivity index (χ0v) is 8.20. The zero-order valence-electron chi connectivity index (χ0n) is 2.45. The summed E-state index contributed by atoms with van der Waals surface area (Å²) in [7, 11) is -0.0208. The van der Waals surface area contributed by atoms with Crippen LogP contribution >= 0.6 is 42.7 Å². The van der Waals surface area contributed by atoms with E-state index in [9.17, 15) is 0 Å². The molecule has 0 aliphatic carbocycles. The molecule has 0 bridgehead atoms. The van der Waals surface area contributed by atoms with Crippen LogP contribution in [0, 0.1) is 0 Å². The first-order valence-corrected chi connectivity index (χ1v) is 7.68. The molecule has 0 fully saturated rings. The summed E-state index contributed by atoms with van der Waals surface area (Å²) in [5.41, 5.74) is 0. The molecular formula is H4Br3NiO2. The summed E-state index contributed by atoms with van der Waals surface area (Å²) in [5.74, 6) is 0. The number of hydrogen-bond acceptors (Lipinski definition) is 0. The fraction of sp³-hybridized carbons (Fsp3) is 0. The van der Waals surface area contributed by atoms with Crippen molar-refractivity contribution in [2.45, 2.75) is 0 Å². The molecule has 0 radical (unpaired) electrons. The van der Waals surface area contributed by atoms with Gasteiger partial charge in [0.05, 0.1) is 0 Å². The molecular weight excluding hydrogens is 330 g/mol. The summed E-state index contributed by atoms with van der Waals surface area (Å²) < 4.78 is 0. The van der Waals surface area contributed by atoms with Crippen LogP contribution in [0.3, 0.4) is 0 Å². The monoisotopic (exact) mass is 331 g/mol. The molecule has 2 nitrogen and oxygen atoms in total. The summed E-state index contributed by atoms with van der Waals surface area (Å²) in [4.78, 5) is 0. The predicted molar refractivity (Wildman–Crippen MR) is 34.0 cm³/mol. The second kappa shape index (κ2) is 9.97. The van der Waals surface area contributed by atoms with Gasteiger partial charge in [0.2, 0.25) is 0 Å². The molecule has 0 aromatic rings. The van der Waals surface area contributed by atoms with Crippen molar-refractivity contribution in [3.63, 3.8) is 0 Å². The third-order valence-corrected chi connectivity index (χ3v) is 0. The van der Waals surface area contributed by atoms with Crippen molar-refractivity contribution in [2.24, 2.45) is 0 Å². The number of rotatable bonds is 0. The van der Waals surface area contributed by atoms with Gasteiger partial charge < -0.3 is 11.0 Å². The van der Waals surface area contributed by atoms with Crippen molar-refractivity contribution in [1.29, 1.82) is 0 Å². The SMILES string of the molecule is O.O.[Br][Ni]([Br])[Br]. The van der Waals surface area contributed by atoms with Gasteiger partial charge in [0.15, 0.2) is 0 Å². The van der Waals surface area contributed by atoms with E-state index >= 15 is 0 Å². The van der Waals surface area contributed by atoms with Gasteiger partial charge in [-0.25, -0.2) is 0 Å². The van der Waals surface area contributed by atoms with Crippen LogP contribution in [-0.2, 0) is 8.10 Å². The van der Waals surface area contributed by atoms with Crippen LogP contribution in [0.15, 0.2) is 0 Å². The summed E-state index contributed by atoms with van der Waals surface area (Å²) in [6, 6.07) is 0. The molecule has 0 unspecified atom stereocenters. The van der Waals surface area contributed by atoms with E-state index in [0.717, 1.165) is 0 Å². The second-order valence-corrected chi connectivity index (χ2v) is 15.1. The molecule has 0 spiro atoms. The van der Waals surface area contributed by atoms with Gasteiger partial charge in [0.25, 0.3) is 0 Å². The summed E-state index contributed by atoms with van der Waals surface area (Å²) in [6.45, 7) is 0. The van der Waals surface area contributed by atoms with E-state index in [1.54, 1.807) is 0 Å². The van der Waals surface area contributed by atoms with Gasteiger partial charge in [-0.15, -0.1) is 0 Å². The Kier molecular flexibility index (Phi) is 26.0. The van der Waals surface area contributed by atoms with Gasteiger partial charge in [0, 0.05) is 0 Å². The molecule has 0 aromatic carbocycles. The number of halogens is 3. The molecule has 6 heavy (non-hydrogen) atoms. The zero-order chi connectivity index (χ0) is 3.58. The molecule has 0 heterocycles. The quantitative estimate of drug-likeness (QED) is 0.591. The molecule has 0 rings (SSSR count). The van der Waals surface area contributed by atoms with Crippen molar-refractivity contribution in [3.05, 3.63) is 0 Å². The van der Waals surface area contributed by atoms with E-state index in [2.05, 4.69) is 42.7 Å². The third-order valence-electron chi connectivity index (χ3n) is 0. The Balaban J connectivity index is -0.0000000450. The maximum absolute atomic E-state index is 3.15. The average molecular weight is 334 g/mol. The molecule has 0 aromatic heterocycles. The molecule has 47 valence electrons. The van der Waals surface area contributed by atoms with Crippen LogP contribution in [0.1, 0.15) is 0 Å². The van der Waals surface area contributed by atoms with E-state index in [0.29, 0.717) is 0 Å². The van der Waals surface area contributed by atoms with Crippen LogP contribution in [-0.4, -0.2) is 11.0 Å². The van der Waals surface area contributed by atoms with E-state index in [4.69, 9.17) is 0 Å². The first-order chi connectivity index (χ1) is 1.73. The van der Waals surface area contributed by atoms with Crippen molar-refractivity contribution in [1.82, 2.24) is 0 Å². The second-order valence-electron chi connectivity index (χ2n) is 0.136. The van der Waals surface area contributed by atoms with E-state index in [1.165, 1.54) is 0 Å². The Morgan fingerprint density at radius 2 is 0.833 bits per heavy atom. The Bertz CT molecular complexity index is 13.5. The summed E-state index contributed by atoms with van der Waals surface area (Å²) in [5, 5.41) is 0. The van der Waals surface area contributed by atoms with Crippen molar-refractivity contribution in [3.8, 4) is 0 Å². The minimum absolute atomic E-state index is 0. The van der Waals surface area contributed by atoms with Gasteiger partial charge in [0.1, 0.15) is 0 Å². The van der Waals surface area contributed by atoms with Gasteiger partial charge in [-0.2, -0.15) is 0 Å². The molecule has 0 aliphatic heterocycles. The first-order valence-electron chi connectivity index (χ1n) is 0.359. The first kappa shape index (κ1) is 15.7. The standard InChI is InChI=1S/3BrH.Ni.2H2O/h3*1H;;2*1H2/q;;;+3;;/p-3. The van der Waals surface area contributed by atoms with Crippen LogP contribution in [0.25, 0.3) is 0 Å². The Morgan fingerprint density at radius 1 is 0.833 bits per heavy atom. The van der Waals surface area contributed by atoms with Crippen molar-refractivity contribution < 1.29 is 19.1 Å². The average Bonchev–Trinajstić information content (AvgIpc) is 0.811. The molecule has 0 saturated carbocycles. The normalized spacial score (nSPS) is 7.50. The van der Waals surface area contributed by atoms with Gasteiger partial charge in [-0.3, -0.25) is 0 Å². The molecule has 4 N–H and O–H groups in total. The fourth-order valence-electron chi connectivity index (χ4n) is 0. The van der Waals surface area contributed by atoms with Crippen LogP contribution in [0.4, 0.5) is 0 Å². The van der Waals surface area contributed by atoms with Crippen LogP contribution in [0.5, 0.6) is 0 Å². The Morgan fingerprint density at radius 3 is 0.833 bits per heavy atom. The summed E-state index contributed by atoms with van der Waals surface area (Å²) in [6.07, 6.45) is 0. The van der Waals surface area contributed by atoms with Crippen molar-refractivity contribution in [2.75, 3.05) is 0 Å². The Labute approximate surface area is 61.3 Å². The minimum atomic E-state index is -0.0208. The van der Waals surface area contributed by atoms with E-state index in [-0.39, 0.29) is 19.1 Å². The topological polar surface area (TPSA) is 63.0 Å². The van der Waals surface area contributed by atoms with Crippen LogP contribution < -0.4 is 0 Å². The molecule has 0 atom stereocenters. The van der Waals surface area contributed by atoms with E-state index in [1.807, 2.05) is 0 Å². The number of hydrogen-bond donors (Lipinski definition) is 0. The van der Waals surface area contributed by atoms with E-state index < -0.39 is 0 Å². The molecule has 0 amide bonds. The predicted octanol–water partition coefficient (Wildman–Crippen LogP) is 0.885. The van der Waals surface area contributed by atoms with Crippen molar-refractivity contribution >= 4 is 42.7 Å². The maximum atomic E-state index is 3.15. The van der Waals surface area contributed by atoms with Gasteiger partial charge >= 0.3 is 50.8 Å². The molecule has 6 heteroatoms. The molecule has 0 aliphatic rings. The summed E-state index contributed by atoms with van der Waals surface area (Å²) >= 11 is 9.44. The van der Waals surface area contributed by atoms with Gasteiger partial charge in [-0.05, 0) is 0 Å². The fourth-order valence-corrected chi connectivity index (χ4v) is 0. The third kappa shape index (κ3) is 40.1. The van der Waals surface area contributed by atoms with Gasteiger partial charge in [-0.1, -0.05) is 0 Å². The van der Waals surface area contributed by atoms with Crippen LogP contribution in [0.2, 0.25) is 0 Å². The molecule has 0 saturated heterocycles.